The maximum atomic E-state index is 5.13. The van der Waals surface area contributed by atoms with Crippen molar-refractivity contribution in [2.45, 2.75) is 33.4 Å². The SMILES string of the molecule is CCNC(=NCc1ccc(COC)cc1)NCCc1ncc(C)s1.I. The molecule has 0 saturated heterocycles. The lowest BCUT2D eigenvalue weighted by Gasteiger charge is -2.10. The van der Waals surface area contributed by atoms with Gasteiger partial charge < -0.3 is 15.4 Å². The topological polar surface area (TPSA) is 58.5 Å². The number of thiazole rings is 1. The Hall–Kier alpha value is -1.19. The number of halogens is 1. The third-order valence-electron chi connectivity index (χ3n) is 3.40. The molecule has 0 bridgehead atoms. The van der Waals surface area contributed by atoms with Crippen LogP contribution in [0.1, 0.15) is 27.9 Å². The molecule has 7 heteroatoms. The van der Waals surface area contributed by atoms with Gasteiger partial charge in [-0.1, -0.05) is 24.3 Å². The van der Waals surface area contributed by atoms with Gasteiger partial charge in [-0.15, -0.1) is 35.3 Å². The van der Waals surface area contributed by atoms with E-state index in [9.17, 15) is 0 Å². The Bertz CT molecular complexity index is 643. The maximum Gasteiger partial charge on any atom is 0.191 e. The maximum absolute atomic E-state index is 5.13. The van der Waals surface area contributed by atoms with Crippen LogP contribution in [0.2, 0.25) is 0 Å². The van der Waals surface area contributed by atoms with Gasteiger partial charge in [-0.2, -0.15) is 0 Å². The van der Waals surface area contributed by atoms with E-state index in [1.54, 1.807) is 18.4 Å². The molecule has 1 heterocycles. The monoisotopic (exact) mass is 474 g/mol. The standard InChI is InChI=1S/C18H26N4OS.HI/c1-4-19-18(20-10-9-17-21-11-14(2)24-17)22-12-15-5-7-16(8-6-15)13-23-3;/h5-8,11H,4,9-10,12-13H2,1-3H3,(H2,19,20,22);1H. The van der Waals surface area contributed by atoms with Gasteiger partial charge in [0.05, 0.1) is 18.2 Å². The van der Waals surface area contributed by atoms with E-state index in [-0.39, 0.29) is 24.0 Å². The molecule has 0 aliphatic heterocycles. The number of rotatable bonds is 8. The number of aryl methyl sites for hydroxylation is 1. The van der Waals surface area contributed by atoms with Gasteiger partial charge in [-0.05, 0) is 25.0 Å². The molecular formula is C18H27IN4OS. The molecule has 0 aliphatic carbocycles. The number of nitrogens with zero attached hydrogens (tertiary/aromatic N) is 2. The second-order valence-corrected chi connectivity index (χ2v) is 6.81. The Morgan fingerprint density at radius 1 is 1.20 bits per heavy atom. The van der Waals surface area contributed by atoms with Crippen LogP contribution in [0.3, 0.4) is 0 Å². The van der Waals surface area contributed by atoms with Crippen LogP contribution in [0.4, 0.5) is 0 Å². The van der Waals surface area contributed by atoms with Crippen LogP contribution in [-0.4, -0.2) is 31.1 Å². The van der Waals surface area contributed by atoms with Gasteiger partial charge in [0.15, 0.2) is 5.96 Å². The predicted molar refractivity (Wildman–Crippen MR) is 116 cm³/mol. The molecule has 0 aliphatic rings. The Morgan fingerprint density at radius 2 is 1.92 bits per heavy atom. The summed E-state index contributed by atoms with van der Waals surface area (Å²) < 4.78 is 5.13. The fourth-order valence-corrected chi connectivity index (χ4v) is 3.01. The number of aromatic nitrogens is 1. The van der Waals surface area contributed by atoms with Gasteiger partial charge in [0.1, 0.15) is 0 Å². The first-order valence-corrected chi connectivity index (χ1v) is 9.03. The smallest absolute Gasteiger partial charge is 0.191 e. The van der Waals surface area contributed by atoms with Crippen LogP contribution in [0.25, 0.3) is 0 Å². The largest absolute Gasteiger partial charge is 0.380 e. The molecule has 5 nitrogen and oxygen atoms in total. The Morgan fingerprint density at radius 3 is 2.52 bits per heavy atom. The van der Waals surface area contributed by atoms with Crippen LogP contribution in [0.15, 0.2) is 35.5 Å². The molecule has 2 rings (SSSR count). The van der Waals surface area contributed by atoms with Crippen molar-refractivity contribution in [1.29, 1.82) is 0 Å². The number of hydrogen-bond donors (Lipinski definition) is 2. The summed E-state index contributed by atoms with van der Waals surface area (Å²) in [7, 11) is 1.71. The Labute approximate surface area is 171 Å². The molecule has 1 aromatic carbocycles. The molecule has 138 valence electrons. The quantitative estimate of drug-likeness (QED) is 0.349. The molecule has 0 radical (unpaired) electrons. The van der Waals surface area contributed by atoms with Crippen molar-refractivity contribution in [3.8, 4) is 0 Å². The van der Waals surface area contributed by atoms with Crippen molar-refractivity contribution in [2.75, 3.05) is 20.2 Å². The Balaban J connectivity index is 0.00000312. The normalized spacial score (nSPS) is 11.1. The van der Waals surface area contributed by atoms with Gasteiger partial charge in [0.2, 0.25) is 0 Å². The summed E-state index contributed by atoms with van der Waals surface area (Å²) in [6.07, 6.45) is 2.83. The minimum atomic E-state index is 0. The van der Waals surface area contributed by atoms with Crippen molar-refractivity contribution in [2.24, 2.45) is 4.99 Å². The predicted octanol–water partition coefficient (Wildman–Crippen LogP) is 3.51. The van der Waals surface area contributed by atoms with Crippen LogP contribution < -0.4 is 10.6 Å². The van der Waals surface area contributed by atoms with E-state index in [0.29, 0.717) is 13.2 Å². The number of ether oxygens (including phenoxy) is 1. The molecule has 0 saturated carbocycles. The molecule has 0 unspecified atom stereocenters. The highest BCUT2D eigenvalue weighted by molar-refractivity contribution is 14.0. The van der Waals surface area contributed by atoms with Crippen molar-refractivity contribution < 1.29 is 4.74 Å². The number of aliphatic imine (C=N–C) groups is 1. The van der Waals surface area contributed by atoms with Gasteiger partial charge in [0, 0.05) is 37.7 Å². The molecule has 0 atom stereocenters. The van der Waals surface area contributed by atoms with E-state index in [1.165, 1.54) is 16.0 Å². The zero-order valence-corrected chi connectivity index (χ0v) is 18.2. The van der Waals surface area contributed by atoms with Gasteiger partial charge in [0.25, 0.3) is 0 Å². The van der Waals surface area contributed by atoms with Gasteiger partial charge in [-0.25, -0.2) is 9.98 Å². The van der Waals surface area contributed by atoms with Crippen molar-refractivity contribution >= 4 is 41.3 Å². The Kier molecular flexibility index (Phi) is 10.7. The molecule has 0 amide bonds. The second kappa shape index (κ2) is 12.2. The number of hydrogen-bond acceptors (Lipinski definition) is 4. The van der Waals surface area contributed by atoms with Gasteiger partial charge >= 0.3 is 0 Å². The molecule has 25 heavy (non-hydrogen) atoms. The highest BCUT2D eigenvalue weighted by Crippen LogP contribution is 2.11. The first-order valence-electron chi connectivity index (χ1n) is 8.21. The number of methoxy groups -OCH3 is 1. The summed E-state index contributed by atoms with van der Waals surface area (Å²) in [6.45, 7) is 7.11. The fraction of sp³-hybridized carbons (Fsp3) is 0.444. The second-order valence-electron chi connectivity index (χ2n) is 5.49. The fourth-order valence-electron chi connectivity index (χ4n) is 2.22. The van der Waals surface area contributed by atoms with E-state index < -0.39 is 0 Å². The lowest BCUT2D eigenvalue weighted by atomic mass is 10.1. The minimum Gasteiger partial charge on any atom is -0.380 e. The van der Waals surface area contributed by atoms with Gasteiger partial charge in [-0.3, -0.25) is 0 Å². The van der Waals surface area contributed by atoms with Crippen molar-refractivity contribution in [1.82, 2.24) is 15.6 Å². The molecular weight excluding hydrogens is 447 g/mol. The van der Waals surface area contributed by atoms with Crippen LogP contribution in [0, 0.1) is 6.92 Å². The number of nitrogens with one attached hydrogen (secondary N) is 2. The van der Waals surface area contributed by atoms with E-state index in [2.05, 4.69) is 58.7 Å². The number of guanidine groups is 1. The van der Waals surface area contributed by atoms with E-state index >= 15 is 0 Å². The zero-order chi connectivity index (χ0) is 17.2. The minimum absolute atomic E-state index is 0. The lowest BCUT2D eigenvalue weighted by molar-refractivity contribution is 0.185. The first-order chi connectivity index (χ1) is 11.7. The summed E-state index contributed by atoms with van der Waals surface area (Å²) in [5.74, 6) is 0.840. The number of benzene rings is 1. The summed E-state index contributed by atoms with van der Waals surface area (Å²) in [5, 5.41) is 7.80. The first kappa shape index (κ1) is 21.9. The molecule has 0 spiro atoms. The average molecular weight is 474 g/mol. The third-order valence-corrected chi connectivity index (χ3v) is 4.37. The average Bonchev–Trinajstić information content (AvgIpc) is 2.99. The third kappa shape index (κ3) is 8.15. The highest BCUT2D eigenvalue weighted by Gasteiger charge is 2.01. The summed E-state index contributed by atoms with van der Waals surface area (Å²) in [5.41, 5.74) is 2.36. The lowest BCUT2D eigenvalue weighted by Crippen LogP contribution is -2.38. The molecule has 0 fully saturated rings. The molecule has 2 aromatic rings. The van der Waals surface area contributed by atoms with Crippen LogP contribution >= 0.6 is 35.3 Å². The summed E-state index contributed by atoms with van der Waals surface area (Å²) in [4.78, 5) is 10.3. The summed E-state index contributed by atoms with van der Waals surface area (Å²) >= 11 is 1.75. The van der Waals surface area contributed by atoms with Crippen LogP contribution in [0.5, 0.6) is 0 Å². The molecule has 2 N–H and O–H groups in total. The van der Waals surface area contributed by atoms with Crippen molar-refractivity contribution in [3.05, 3.63) is 51.5 Å². The highest BCUT2D eigenvalue weighted by atomic mass is 127. The van der Waals surface area contributed by atoms with Crippen LogP contribution in [-0.2, 0) is 24.3 Å². The van der Waals surface area contributed by atoms with E-state index in [4.69, 9.17) is 4.74 Å². The van der Waals surface area contributed by atoms with E-state index in [0.717, 1.165) is 30.5 Å². The summed E-state index contributed by atoms with van der Waals surface area (Å²) in [6, 6.07) is 8.36. The van der Waals surface area contributed by atoms with Crippen molar-refractivity contribution in [3.63, 3.8) is 0 Å². The molecule has 1 aromatic heterocycles. The zero-order valence-electron chi connectivity index (χ0n) is 15.0. The van der Waals surface area contributed by atoms with E-state index in [1.807, 2.05) is 6.20 Å².